The molecule has 0 fully saturated rings. The highest BCUT2D eigenvalue weighted by Crippen LogP contribution is 1.76. The van der Waals surface area contributed by atoms with E-state index in [0.717, 1.165) is 0 Å². The van der Waals surface area contributed by atoms with Crippen LogP contribution in [0.4, 0.5) is 0 Å². The molecular weight excluding hydrogens is 82.0 g/mol. The molecular formula is C3H7NO2. The summed E-state index contributed by atoms with van der Waals surface area (Å²) in [4.78, 5) is 9.21. The minimum atomic E-state index is -0.581. The van der Waals surface area contributed by atoms with Crippen LogP contribution in [0.15, 0.2) is 5.18 Å². The summed E-state index contributed by atoms with van der Waals surface area (Å²) in [6.07, 6.45) is -0.581. The quantitative estimate of drug-likeness (QED) is 0.489. The van der Waals surface area contributed by atoms with Gasteiger partial charge in [0.05, 0.1) is 6.10 Å². The third-order valence-electron chi connectivity index (χ3n) is 0.339. The third kappa shape index (κ3) is 3.56. The van der Waals surface area contributed by atoms with E-state index >= 15 is 0 Å². The molecule has 3 heteroatoms. The Morgan fingerprint density at radius 2 is 2.50 bits per heavy atom. The number of hydrogen-bond donors (Lipinski definition) is 1. The number of aliphatic hydroxyl groups is 1. The van der Waals surface area contributed by atoms with E-state index in [1.165, 1.54) is 6.92 Å². The average molecular weight is 89.1 g/mol. The van der Waals surface area contributed by atoms with Crippen molar-refractivity contribution in [2.24, 2.45) is 5.18 Å². The van der Waals surface area contributed by atoms with Crippen LogP contribution in [0.25, 0.3) is 0 Å². The first-order chi connectivity index (χ1) is 2.77. The monoisotopic (exact) mass is 89.0 g/mol. The lowest BCUT2D eigenvalue weighted by atomic mass is 10.4. The van der Waals surface area contributed by atoms with Gasteiger partial charge in [0.25, 0.3) is 0 Å². The van der Waals surface area contributed by atoms with Gasteiger partial charge in [-0.15, -0.1) is 0 Å². The molecule has 0 spiro atoms. The summed E-state index contributed by atoms with van der Waals surface area (Å²) in [7, 11) is 0. The van der Waals surface area contributed by atoms with Gasteiger partial charge in [0.2, 0.25) is 0 Å². The second-order valence-corrected chi connectivity index (χ2v) is 1.16. The summed E-state index contributed by atoms with van der Waals surface area (Å²) >= 11 is 0. The van der Waals surface area contributed by atoms with Crippen molar-refractivity contribution in [3.63, 3.8) is 0 Å². The Labute approximate surface area is 36.0 Å². The second kappa shape index (κ2) is 2.78. The largest absolute Gasteiger partial charge is 0.391 e. The third-order valence-corrected chi connectivity index (χ3v) is 0.339. The molecule has 0 bridgehead atoms. The maximum Gasteiger partial charge on any atom is 0.107 e. The molecule has 0 aliphatic carbocycles. The Kier molecular flexibility index (Phi) is 2.58. The number of nitroso groups, excluding NO2 is 1. The molecule has 0 saturated heterocycles. The number of aliphatic hydroxyl groups excluding tert-OH is 1. The molecule has 0 unspecified atom stereocenters. The molecule has 0 aliphatic rings. The van der Waals surface area contributed by atoms with E-state index in [1.807, 2.05) is 0 Å². The van der Waals surface area contributed by atoms with Crippen molar-refractivity contribution in [1.82, 2.24) is 0 Å². The van der Waals surface area contributed by atoms with E-state index in [0.29, 0.717) is 0 Å². The highest BCUT2D eigenvalue weighted by Gasteiger charge is 1.88. The molecule has 0 radical (unpaired) electrons. The van der Waals surface area contributed by atoms with Crippen molar-refractivity contribution in [2.75, 3.05) is 6.54 Å². The maximum absolute atomic E-state index is 9.21. The van der Waals surface area contributed by atoms with Gasteiger partial charge in [-0.3, -0.25) is 0 Å². The minimum Gasteiger partial charge on any atom is -0.391 e. The van der Waals surface area contributed by atoms with Gasteiger partial charge in [0.15, 0.2) is 0 Å². The van der Waals surface area contributed by atoms with Gasteiger partial charge >= 0.3 is 0 Å². The zero-order valence-corrected chi connectivity index (χ0v) is 3.59. The SMILES string of the molecule is C[C@H](O)CN=O. The Morgan fingerprint density at radius 3 is 2.50 bits per heavy atom. The van der Waals surface area contributed by atoms with Crippen LogP contribution in [0.2, 0.25) is 0 Å². The van der Waals surface area contributed by atoms with Gasteiger partial charge in [0.1, 0.15) is 6.54 Å². The lowest BCUT2D eigenvalue weighted by Crippen LogP contribution is -2.01. The van der Waals surface area contributed by atoms with Crippen LogP contribution in [0, 0.1) is 4.91 Å². The van der Waals surface area contributed by atoms with Gasteiger partial charge in [-0.1, -0.05) is 5.18 Å². The lowest BCUT2D eigenvalue weighted by Gasteiger charge is -1.88. The van der Waals surface area contributed by atoms with E-state index in [-0.39, 0.29) is 6.54 Å². The highest BCUT2D eigenvalue weighted by atomic mass is 16.3. The van der Waals surface area contributed by atoms with E-state index in [4.69, 9.17) is 5.11 Å². The molecule has 0 aromatic heterocycles. The topological polar surface area (TPSA) is 49.7 Å². The second-order valence-electron chi connectivity index (χ2n) is 1.16. The van der Waals surface area contributed by atoms with Crippen LogP contribution < -0.4 is 0 Å². The van der Waals surface area contributed by atoms with Crippen LogP contribution in [-0.4, -0.2) is 17.8 Å². The molecule has 0 heterocycles. The van der Waals surface area contributed by atoms with Crippen LogP contribution in [0.5, 0.6) is 0 Å². The maximum atomic E-state index is 9.21. The van der Waals surface area contributed by atoms with Gasteiger partial charge in [-0.25, -0.2) is 0 Å². The van der Waals surface area contributed by atoms with Gasteiger partial charge in [-0.05, 0) is 6.92 Å². The first kappa shape index (κ1) is 5.56. The van der Waals surface area contributed by atoms with Gasteiger partial charge in [0, 0.05) is 0 Å². The Balaban J connectivity index is 2.81. The molecule has 0 saturated carbocycles. The molecule has 0 aromatic rings. The van der Waals surface area contributed by atoms with Crippen molar-refractivity contribution in [2.45, 2.75) is 13.0 Å². The van der Waals surface area contributed by atoms with Crippen LogP contribution in [-0.2, 0) is 0 Å². The van der Waals surface area contributed by atoms with E-state index in [1.54, 1.807) is 0 Å². The normalized spacial score (nSPS) is 13.7. The Bertz CT molecular complexity index is 44.1. The zero-order chi connectivity index (χ0) is 4.99. The van der Waals surface area contributed by atoms with Gasteiger partial charge < -0.3 is 5.11 Å². The molecule has 6 heavy (non-hydrogen) atoms. The minimum absolute atomic E-state index is 0. The summed E-state index contributed by atoms with van der Waals surface area (Å²) in [5, 5.41) is 10.7. The predicted octanol–water partition coefficient (Wildman–Crippen LogP) is 0.134. The molecule has 1 atom stereocenters. The summed E-state index contributed by atoms with van der Waals surface area (Å²) in [5.74, 6) is 0. The Hall–Kier alpha value is -0.440. The van der Waals surface area contributed by atoms with Gasteiger partial charge in [-0.2, -0.15) is 4.91 Å². The van der Waals surface area contributed by atoms with Crippen LogP contribution >= 0.6 is 0 Å². The standard InChI is InChI=1S/C3H7NO2/c1-3(5)2-4-6/h3,5H,2H2,1H3/t3-/m0/s1. The highest BCUT2D eigenvalue weighted by molar-refractivity contribution is 4.46. The van der Waals surface area contributed by atoms with Crippen LogP contribution in [0.1, 0.15) is 6.92 Å². The van der Waals surface area contributed by atoms with Crippen molar-refractivity contribution >= 4 is 0 Å². The molecule has 0 amide bonds. The average Bonchev–Trinajstić information content (AvgIpc) is 1.35. The van der Waals surface area contributed by atoms with Crippen LogP contribution in [0.3, 0.4) is 0 Å². The molecule has 0 aliphatic heterocycles. The predicted molar refractivity (Wildman–Crippen MR) is 22.3 cm³/mol. The van der Waals surface area contributed by atoms with E-state index in [9.17, 15) is 4.91 Å². The summed E-state index contributed by atoms with van der Waals surface area (Å²) in [6.45, 7) is 1.52. The van der Waals surface area contributed by atoms with Crippen molar-refractivity contribution in [1.29, 1.82) is 0 Å². The number of rotatable bonds is 2. The molecule has 0 aromatic carbocycles. The first-order valence-electron chi connectivity index (χ1n) is 1.74. The van der Waals surface area contributed by atoms with Crippen molar-refractivity contribution in [3.8, 4) is 0 Å². The Morgan fingerprint density at radius 1 is 2.00 bits per heavy atom. The number of hydrogen-bond acceptors (Lipinski definition) is 3. The fraction of sp³-hybridized carbons (Fsp3) is 1.00. The fourth-order valence-electron chi connectivity index (χ4n) is 0.108. The molecule has 3 nitrogen and oxygen atoms in total. The lowest BCUT2D eigenvalue weighted by molar-refractivity contribution is 0.203. The summed E-state index contributed by atoms with van der Waals surface area (Å²) in [5.41, 5.74) is 0. The van der Waals surface area contributed by atoms with Crippen molar-refractivity contribution < 1.29 is 5.11 Å². The van der Waals surface area contributed by atoms with Crippen molar-refractivity contribution in [3.05, 3.63) is 4.91 Å². The zero-order valence-electron chi connectivity index (χ0n) is 3.59. The van der Waals surface area contributed by atoms with E-state index in [2.05, 4.69) is 5.18 Å². The molecule has 0 rings (SSSR count). The fourth-order valence-corrected chi connectivity index (χ4v) is 0.108. The molecule has 1 N–H and O–H groups in total. The summed E-state index contributed by atoms with van der Waals surface area (Å²) in [6, 6.07) is 0. The summed E-state index contributed by atoms with van der Waals surface area (Å²) < 4.78 is 0. The smallest absolute Gasteiger partial charge is 0.107 e. The van der Waals surface area contributed by atoms with E-state index < -0.39 is 6.10 Å². The first-order valence-corrected chi connectivity index (χ1v) is 1.74. The molecule has 36 valence electrons. The number of nitrogens with zero attached hydrogens (tertiary/aromatic N) is 1.